The molecule has 5 nitrogen and oxygen atoms in total. The maximum absolute atomic E-state index is 13.5. The molecule has 3 heterocycles. The highest BCUT2D eigenvalue weighted by molar-refractivity contribution is 7.11. The number of carbonyl (C=O) groups excluding carboxylic acids is 1. The van der Waals surface area contributed by atoms with Gasteiger partial charge in [-0.25, -0.2) is 4.99 Å². The fraction of sp³-hybridized carbons (Fsp3) is 0.0800. The van der Waals surface area contributed by atoms with Crippen molar-refractivity contribution in [3.8, 4) is 0 Å². The zero-order chi connectivity index (χ0) is 22.9. The van der Waals surface area contributed by atoms with E-state index in [0.717, 1.165) is 10.4 Å². The number of thiophene rings is 1. The molecule has 2 aromatic heterocycles. The van der Waals surface area contributed by atoms with Crippen molar-refractivity contribution in [2.24, 2.45) is 4.99 Å². The van der Waals surface area contributed by atoms with Crippen LogP contribution >= 0.6 is 34.3 Å². The van der Waals surface area contributed by atoms with Crippen molar-refractivity contribution >= 4 is 51.9 Å². The monoisotopic (exact) mass is 491 g/mol. The van der Waals surface area contributed by atoms with Crippen LogP contribution in [-0.2, 0) is 4.79 Å². The number of carbonyl (C=O) groups is 1. The summed E-state index contributed by atoms with van der Waals surface area (Å²) in [6.45, 7) is 1.80. The van der Waals surface area contributed by atoms with E-state index in [9.17, 15) is 9.59 Å². The standard InChI is InChI=1S/C25H18ClN3O2S2/c1-15-21(23(30)28-18-6-3-2-4-7-18)22(16-9-11-17(26)12-10-16)29-24(31)20(33-25(29)27-15)14-19-8-5-13-32-19/h2-14,22H,1H3,(H,28,30)/b20-14-. The molecule has 1 atom stereocenters. The largest absolute Gasteiger partial charge is 0.322 e. The molecule has 1 amide bonds. The number of allylic oxidation sites excluding steroid dienone is 1. The van der Waals surface area contributed by atoms with E-state index in [1.807, 2.05) is 66.1 Å². The first kappa shape index (κ1) is 21.6. The molecule has 164 valence electrons. The van der Waals surface area contributed by atoms with E-state index in [4.69, 9.17) is 11.6 Å². The molecule has 33 heavy (non-hydrogen) atoms. The van der Waals surface area contributed by atoms with Gasteiger partial charge < -0.3 is 5.32 Å². The molecule has 1 aliphatic rings. The van der Waals surface area contributed by atoms with E-state index < -0.39 is 6.04 Å². The Morgan fingerprint density at radius 1 is 1.09 bits per heavy atom. The molecule has 0 saturated heterocycles. The summed E-state index contributed by atoms with van der Waals surface area (Å²) < 4.78 is 2.19. The minimum atomic E-state index is -0.618. The maximum atomic E-state index is 13.5. The number of aromatic nitrogens is 1. The highest BCUT2D eigenvalue weighted by Crippen LogP contribution is 2.31. The number of benzene rings is 2. The third kappa shape index (κ3) is 4.23. The van der Waals surface area contributed by atoms with Crippen LogP contribution in [0.1, 0.15) is 23.4 Å². The molecule has 8 heteroatoms. The number of rotatable bonds is 4. The van der Waals surface area contributed by atoms with Gasteiger partial charge in [-0.15, -0.1) is 11.3 Å². The molecule has 0 saturated carbocycles. The second kappa shape index (κ2) is 8.94. The van der Waals surface area contributed by atoms with Crippen LogP contribution in [0.5, 0.6) is 0 Å². The summed E-state index contributed by atoms with van der Waals surface area (Å²) in [5, 5.41) is 5.50. The van der Waals surface area contributed by atoms with Crippen LogP contribution in [0, 0.1) is 0 Å². The van der Waals surface area contributed by atoms with E-state index in [2.05, 4.69) is 10.3 Å². The molecular formula is C25H18ClN3O2S2. The topological polar surface area (TPSA) is 63.5 Å². The molecule has 1 unspecified atom stereocenters. The van der Waals surface area contributed by atoms with Gasteiger partial charge in [0.1, 0.15) is 0 Å². The summed E-state index contributed by atoms with van der Waals surface area (Å²) in [5.41, 5.74) is 2.29. The van der Waals surface area contributed by atoms with Crippen molar-refractivity contribution in [3.63, 3.8) is 0 Å². The molecule has 1 aliphatic heterocycles. The fourth-order valence-electron chi connectivity index (χ4n) is 3.79. The highest BCUT2D eigenvalue weighted by Gasteiger charge is 2.32. The Morgan fingerprint density at radius 2 is 1.85 bits per heavy atom. The summed E-state index contributed by atoms with van der Waals surface area (Å²) in [4.78, 5) is 33.2. The normalized spacial score (nSPS) is 15.8. The van der Waals surface area contributed by atoms with E-state index in [1.165, 1.54) is 11.3 Å². The second-order valence-electron chi connectivity index (χ2n) is 7.47. The lowest BCUT2D eigenvalue weighted by molar-refractivity contribution is -0.113. The van der Waals surface area contributed by atoms with E-state index >= 15 is 0 Å². The number of halogens is 1. The third-order valence-corrected chi connectivity index (χ3v) is 7.35. The number of para-hydroxylation sites is 1. The summed E-state index contributed by atoms with van der Waals surface area (Å²) in [7, 11) is 0. The molecule has 0 fully saturated rings. The molecule has 0 spiro atoms. The van der Waals surface area contributed by atoms with Gasteiger partial charge in [0.2, 0.25) is 0 Å². The van der Waals surface area contributed by atoms with E-state index in [1.54, 1.807) is 35.0 Å². The summed E-state index contributed by atoms with van der Waals surface area (Å²) in [6.07, 6.45) is 1.87. The Hall–Kier alpha value is -3.26. The van der Waals surface area contributed by atoms with E-state index in [-0.39, 0.29) is 11.5 Å². The van der Waals surface area contributed by atoms with Crippen LogP contribution in [0.2, 0.25) is 5.02 Å². The summed E-state index contributed by atoms with van der Waals surface area (Å²) >= 11 is 9.01. The first-order valence-electron chi connectivity index (χ1n) is 10.2. The van der Waals surface area contributed by atoms with Crippen LogP contribution in [0.15, 0.2) is 93.2 Å². The summed E-state index contributed by atoms with van der Waals surface area (Å²) in [6, 6.07) is 19.7. The van der Waals surface area contributed by atoms with Gasteiger partial charge in [-0.05, 0) is 54.3 Å². The Morgan fingerprint density at radius 3 is 2.55 bits per heavy atom. The van der Waals surface area contributed by atoms with Gasteiger partial charge in [0, 0.05) is 15.6 Å². The van der Waals surface area contributed by atoms with Crippen molar-refractivity contribution in [1.82, 2.24) is 4.57 Å². The van der Waals surface area contributed by atoms with Gasteiger partial charge in [0.25, 0.3) is 11.5 Å². The van der Waals surface area contributed by atoms with Crippen LogP contribution < -0.4 is 20.2 Å². The first-order valence-corrected chi connectivity index (χ1v) is 12.3. The van der Waals surface area contributed by atoms with Crippen LogP contribution in [-0.4, -0.2) is 10.5 Å². The Bertz CT molecular complexity index is 1530. The number of anilines is 1. The lowest BCUT2D eigenvalue weighted by atomic mass is 9.95. The maximum Gasteiger partial charge on any atom is 0.271 e. The fourth-order valence-corrected chi connectivity index (χ4v) is 5.69. The quantitative estimate of drug-likeness (QED) is 0.454. The number of thiazole rings is 1. The van der Waals surface area contributed by atoms with Gasteiger partial charge in [-0.2, -0.15) is 0 Å². The lowest BCUT2D eigenvalue weighted by Crippen LogP contribution is -2.40. The minimum Gasteiger partial charge on any atom is -0.322 e. The van der Waals surface area contributed by atoms with Gasteiger partial charge in [0.05, 0.1) is 21.8 Å². The molecule has 0 radical (unpaired) electrons. The average molecular weight is 492 g/mol. The number of fused-ring (bicyclic) bond motifs is 1. The van der Waals surface area contributed by atoms with Crippen molar-refractivity contribution in [2.75, 3.05) is 5.32 Å². The SMILES string of the molecule is CC1=C(C(=O)Nc2ccccc2)C(c2ccc(Cl)cc2)n2c(s/c(=C\c3cccs3)c2=O)=N1. The number of nitrogens with one attached hydrogen (secondary N) is 1. The van der Waals surface area contributed by atoms with E-state index in [0.29, 0.717) is 31.3 Å². The molecule has 2 aromatic carbocycles. The zero-order valence-electron chi connectivity index (χ0n) is 17.5. The Kier molecular flexibility index (Phi) is 5.85. The average Bonchev–Trinajstić information content (AvgIpc) is 3.42. The third-order valence-electron chi connectivity index (χ3n) is 5.30. The molecule has 0 bridgehead atoms. The minimum absolute atomic E-state index is 0.176. The van der Waals surface area contributed by atoms with Crippen LogP contribution in [0.3, 0.4) is 0 Å². The summed E-state index contributed by atoms with van der Waals surface area (Å²) in [5.74, 6) is -0.296. The van der Waals surface area contributed by atoms with Crippen molar-refractivity contribution in [3.05, 3.63) is 119 Å². The predicted octanol–water partition coefficient (Wildman–Crippen LogP) is 4.59. The Labute approximate surface area is 202 Å². The van der Waals surface area contributed by atoms with Crippen molar-refractivity contribution in [2.45, 2.75) is 13.0 Å². The predicted molar refractivity (Wildman–Crippen MR) is 135 cm³/mol. The van der Waals surface area contributed by atoms with Gasteiger partial charge >= 0.3 is 0 Å². The van der Waals surface area contributed by atoms with Crippen LogP contribution in [0.4, 0.5) is 5.69 Å². The number of nitrogens with zero attached hydrogens (tertiary/aromatic N) is 2. The zero-order valence-corrected chi connectivity index (χ0v) is 19.9. The molecule has 5 rings (SSSR count). The lowest BCUT2D eigenvalue weighted by Gasteiger charge is -2.25. The van der Waals surface area contributed by atoms with Gasteiger partial charge in [0.15, 0.2) is 4.80 Å². The van der Waals surface area contributed by atoms with Crippen molar-refractivity contribution < 1.29 is 4.79 Å². The molecule has 0 aliphatic carbocycles. The van der Waals surface area contributed by atoms with Gasteiger partial charge in [-0.3, -0.25) is 14.2 Å². The smallest absolute Gasteiger partial charge is 0.271 e. The second-order valence-corrected chi connectivity index (χ2v) is 9.89. The molecule has 1 N–H and O–H groups in total. The molecule has 4 aromatic rings. The Balaban J connectivity index is 1.68. The number of hydrogen-bond acceptors (Lipinski definition) is 5. The first-order chi connectivity index (χ1) is 16.0. The molecular weight excluding hydrogens is 474 g/mol. The highest BCUT2D eigenvalue weighted by atomic mass is 35.5. The van der Waals surface area contributed by atoms with Gasteiger partial charge in [-0.1, -0.05) is 59.3 Å². The number of hydrogen-bond donors (Lipinski definition) is 1. The van der Waals surface area contributed by atoms with Crippen LogP contribution in [0.25, 0.3) is 6.08 Å². The number of amides is 1. The van der Waals surface area contributed by atoms with Crippen molar-refractivity contribution in [1.29, 1.82) is 0 Å².